The van der Waals surface area contributed by atoms with Gasteiger partial charge in [-0.05, 0) is 25.0 Å². The number of anilines is 1. The molecule has 1 aliphatic rings. The summed E-state index contributed by atoms with van der Waals surface area (Å²) < 4.78 is 0. The number of unbranched alkanes of at least 4 members (excludes halogenated alkanes) is 1. The molecule has 0 radical (unpaired) electrons. The lowest BCUT2D eigenvalue weighted by atomic mass is 10.2. The smallest absolute Gasteiger partial charge is 0.153 e. The maximum atomic E-state index is 11.0. The molecule has 1 heterocycles. The van der Waals surface area contributed by atoms with E-state index in [0.717, 1.165) is 25.7 Å². The molecule has 1 atom stereocenters. The Kier molecular flexibility index (Phi) is 4.13. The summed E-state index contributed by atoms with van der Waals surface area (Å²) in [4.78, 5) is 14.4. The molecule has 0 saturated carbocycles. The van der Waals surface area contributed by atoms with Crippen LogP contribution in [0.25, 0.3) is 0 Å². The van der Waals surface area contributed by atoms with Crippen molar-refractivity contribution >= 4 is 35.3 Å². The summed E-state index contributed by atoms with van der Waals surface area (Å²) in [5.41, 5.74) is 1.18. The molecule has 1 aromatic carbocycles. The summed E-state index contributed by atoms with van der Waals surface area (Å²) in [6, 6.07) is 8.17. The third-order valence-corrected chi connectivity index (χ3v) is 4.10. The highest BCUT2D eigenvalue weighted by Crippen LogP contribution is 2.42. The zero-order chi connectivity index (χ0) is 11.4. The van der Waals surface area contributed by atoms with Crippen LogP contribution in [0.4, 0.5) is 5.69 Å². The van der Waals surface area contributed by atoms with Gasteiger partial charge in [0, 0.05) is 17.3 Å². The van der Waals surface area contributed by atoms with Gasteiger partial charge in [-0.2, -0.15) is 0 Å². The first-order valence-corrected chi connectivity index (χ1v) is 6.82. The van der Waals surface area contributed by atoms with Crippen LogP contribution < -0.4 is 4.90 Å². The second-order valence-electron chi connectivity index (χ2n) is 3.70. The van der Waals surface area contributed by atoms with E-state index in [2.05, 4.69) is 17.0 Å². The number of alkyl halides is 1. The van der Waals surface area contributed by atoms with E-state index in [1.54, 1.807) is 11.8 Å². The number of aldehydes is 1. The van der Waals surface area contributed by atoms with E-state index >= 15 is 0 Å². The third kappa shape index (κ3) is 2.36. The Morgan fingerprint density at radius 3 is 2.94 bits per heavy atom. The summed E-state index contributed by atoms with van der Waals surface area (Å²) >= 11 is 7.29. The number of hydrogen-bond acceptors (Lipinski definition) is 3. The highest BCUT2D eigenvalue weighted by atomic mass is 35.5. The number of benzene rings is 1. The van der Waals surface area contributed by atoms with Crippen molar-refractivity contribution < 1.29 is 4.79 Å². The average molecular weight is 256 g/mol. The molecule has 0 saturated heterocycles. The highest BCUT2D eigenvalue weighted by molar-refractivity contribution is 8.01. The van der Waals surface area contributed by atoms with Gasteiger partial charge in [-0.1, -0.05) is 23.9 Å². The fraction of sp³-hybridized carbons (Fsp3) is 0.417. The van der Waals surface area contributed by atoms with Gasteiger partial charge < -0.3 is 9.69 Å². The molecular formula is C12H14ClNOS. The number of para-hydroxylation sites is 1. The Hall–Kier alpha value is -0.670. The van der Waals surface area contributed by atoms with Crippen molar-refractivity contribution in [1.29, 1.82) is 0 Å². The van der Waals surface area contributed by atoms with E-state index in [-0.39, 0.29) is 5.37 Å². The molecule has 0 amide bonds. The van der Waals surface area contributed by atoms with Crippen molar-refractivity contribution in [3.05, 3.63) is 24.3 Å². The van der Waals surface area contributed by atoms with Crippen LogP contribution in [-0.2, 0) is 4.79 Å². The van der Waals surface area contributed by atoms with Gasteiger partial charge >= 0.3 is 0 Å². The molecule has 1 unspecified atom stereocenters. The van der Waals surface area contributed by atoms with Gasteiger partial charge in [0.15, 0.2) is 6.29 Å². The SMILES string of the molecule is O=CC1Sc2ccccc2N1CCCCCl. The molecule has 2 rings (SSSR count). The number of hydrogen-bond donors (Lipinski definition) is 0. The van der Waals surface area contributed by atoms with E-state index in [1.165, 1.54) is 10.6 Å². The molecule has 0 fully saturated rings. The van der Waals surface area contributed by atoms with E-state index in [9.17, 15) is 4.79 Å². The lowest BCUT2D eigenvalue weighted by molar-refractivity contribution is -0.107. The molecule has 0 N–H and O–H groups in total. The minimum atomic E-state index is -0.0623. The molecule has 86 valence electrons. The molecule has 0 spiro atoms. The minimum Gasteiger partial charge on any atom is -0.352 e. The first-order valence-electron chi connectivity index (χ1n) is 5.40. The zero-order valence-electron chi connectivity index (χ0n) is 8.93. The number of carbonyl (C=O) groups is 1. The first-order chi connectivity index (χ1) is 7.86. The molecule has 2 nitrogen and oxygen atoms in total. The fourth-order valence-electron chi connectivity index (χ4n) is 1.85. The maximum absolute atomic E-state index is 11.0. The van der Waals surface area contributed by atoms with E-state index in [4.69, 9.17) is 11.6 Å². The van der Waals surface area contributed by atoms with Crippen LogP contribution in [0.5, 0.6) is 0 Å². The second-order valence-corrected chi connectivity index (χ2v) is 5.24. The van der Waals surface area contributed by atoms with Crippen molar-refractivity contribution in [3.63, 3.8) is 0 Å². The van der Waals surface area contributed by atoms with Crippen molar-refractivity contribution in [2.75, 3.05) is 17.3 Å². The number of halogens is 1. The first kappa shape index (κ1) is 11.8. The lowest BCUT2D eigenvalue weighted by Gasteiger charge is -2.22. The van der Waals surface area contributed by atoms with Crippen molar-refractivity contribution in [2.24, 2.45) is 0 Å². The Morgan fingerprint density at radius 2 is 2.19 bits per heavy atom. The number of nitrogens with zero attached hydrogens (tertiary/aromatic N) is 1. The van der Waals surface area contributed by atoms with Gasteiger partial charge in [0.05, 0.1) is 5.69 Å². The predicted molar refractivity (Wildman–Crippen MR) is 69.5 cm³/mol. The summed E-state index contributed by atoms with van der Waals surface area (Å²) in [6.07, 6.45) is 3.05. The van der Waals surface area contributed by atoms with Gasteiger partial charge in [-0.15, -0.1) is 11.6 Å². The van der Waals surface area contributed by atoms with Crippen LogP contribution in [-0.4, -0.2) is 24.1 Å². The van der Waals surface area contributed by atoms with Crippen molar-refractivity contribution in [1.82, 2.24) is 0 Å². The quantitative estimate of drug-likeness (QED) is 0.458. The molecular weight excluding hydrogens is 242 g/mol. The Morgan fingerprint density at radius 1 is 1.38 bits per heavy atom. The topological polar surface area (TPSA) is 20.3 Å². The molecule has 4 heteroatoms. The monoisotopic (exact) mass is 255 g/mol. The van der Waals surface area contributed by atoms with Gasteiger partial charge in [-0.3, -0.25) is 0 Å². The van der Waals surface area contributed by atoms with Crippen LogP contribution in [0.1, 0.15) is 12.8 Å². The van der Waals surface area contributed by atoms with E-state index in [0.29, 0.717) is 5.88 Å². The van der Waals surface area contributed by atoms with Crippen LogP contribution >= 0.6 is 23.4 Å². The Labute approximate surface area is 105 Å². The number of fused-ring (bicyclic) bond motifs is 1. The fourth-order valence-corrected chi connectivity index (χ4v) is 3.16. The van der Waals surface area contributed by atoms with Crippen LogP contribution in [0.2, 0.25) is 0 Å². The largest absolute Gasteiger partial charge is 0.352 e. The standard InChI is InChI=1S/C12H14ClNOS/c13-7-3-4-8-14-10-5-1-2-6-11(10)16-12(14)9-15/h1-2,5-6,9,12H,3-4,7-8H2. The molecule has 0 aliphatic carbocycles. The predicted octanol–water partition coefficient (Wildman–Crippen LogP) is 3.14. The Balaban J connectivity index is 2.11. The van der Waals surface area contributed by atoms with Gasteiger partial charge in [0.2, 0.25) is 0 Å². The summed E-state index contributed by atoms with van der Waals surface area (Å²) in [5, 5.41) is -0.0623. The van der Waals surface area contributed by atoms with Crippen molar-refractivity contribution in [3.8, 4) is 0 Å². The zero-order valence-corrected chi connectivity index (χ0v) is 10.5. The number of thioether (sulfide) groups is 1. The summed E-state index contributed by atoms with van der Waals surface area (Å²) in [7, 11) is 0. The summed E-state index contributed by atoms with van der Waals surface area (Å²) in [6.45, 7) is 0.903. The van der Waals surface area contributed by atoms with Crippen LogP contribution in [0.3, 0.4) is 0 Å². The number of rotatable bonds is 5. The molecule has 1 aliphatic heterocycles. The van der Waals surface area contributed by atoms with Gasteiger partial charge in [-0.25, -0.2) is 0 Å². The highest BCUT2D eigenvalue weighted by Gasteiger charge is 2.28. The lowest BCUT2D eigenvalue weighted by Crippen LogP contribution is -2.31. The normalized spacial score (nSPS) is 18.6. The van der Waals surface area contributed by atoms with Gasteiger partial charge in [0.25, 0.3) is 0 Å². The molecule has 1 aromatic rings. The average Bonchev–Trinajstić information content (AvgIpc) is 2.68. The molecule has 16 heavy (non-hydrogen) atoms. The summed E-state index contributed by atoms with van der Waals surface area (Å²) in [5.74, 6) is 0.689. The second kappa shape index (κ2) is 5.60. The molecule has 0 bridgehead atoms. The van der Waals surface area contributed by atoms with Crippen LogP contribution in [0.15, 0.2) is 29.2 Å². The van der Waals surface area contributed by atoms with E-state index < -0.39 is 0 Å². The third-order valence-electron chi connectivity index (χ3n) is 2.63. The van der Waals surface area contributed by atoms with Crippen LogP contribution in [0, 0.1) is 0 Å². The van der Waals surface area contributed by atoms with Gasteiger partial charge in [0.1, 0.15) is 5.37 Å². The minimum absolute atomic E-state index is 0.0623. The van der Waals surface area contributed by atoms with Crippen molar-refractivity contribution in [2.45, 2.75) is 23.1 Å². The maximum Gasteiger partial charge on any atom is 0.153 e. The molecule has 0 aromatic heterocycles. The van der Waals surface area contributed by atoms with E-state index in [1.807, 2.05) is 12.1 Å². The Bertz CT molecular complexity index is 372. The number of carbonyl (C=O) groups excluding carboxylic acids is 1.